The van der Waals surface area contributed by atoms with E-state index in [2.05, 4.69) is 4.18 Å². The summed E-state index contributed by atoms with van der Waals surface area (Å²) < 4.78 is 81.3. The molecule has 1 aliphatic heterocycles. The summed E-state index contributed by atoms with van der Waals surface area (Å²) >= 11 is 0. The van der Waals surface area contributed by atoms with Crippen LogP contribution in [0.2, 0.25) is 0 Å². The van der Waals surface area contributed by atoms with E-state index in [0.29, 0.717) is 0 Å². The van der Waals surface area contributed by atoms with Crippen LogP contribution in [-0.4, -0.2) is 26.0 Å². The Bertz CT molecular complexity index is 290. The fraction of sp³-hybridized carbons (Fsp3) is 1.00. The molecule has 0 saturated carbocycles. The second kappa shape index (κ2) is 2.08. The maximum absolute atomic E-state index is 12.0. The van der Waals surface area contributed by atoms with Gasteiger partial charge in [0.15, 0.2) is 0 Å². The van der Waals surface area contributed by atoms with Crippen molar-refractivity contribution in [3.63, 3.8) is 0 Å². The monoisotopic (exact) mass is 212 g/mol. The van der Waals surface area contributed by atoms with Gasteiger partial charge in [0.25, 0.3) is 6.10 Å². The quantitative estimate of drug-likeness (QED) is 0.442. The number of alkyl halides is 5. The Balaban J connectivity index is 2.95. The molecule has 0 aromatic rings. The minimum atomic E-state index is -5.37. The van der Waals surface area contributed by atoms with Crippen molar-refractivity contribution in [2.75, 3.05) is 0 Å². The van der Waals surface area contributed by atoms with Gasteiger partial charge in [0.05, 0.1) is 0 Å². The summed E-state index contributed by atoms with van der Waals surface area (Å²) in [6.45, 7) is 0. The van der Waals surface area contributed by atoms with E-state index in [4.69, 9.17) is 0 Å². The van der Waals surface area contributed by atoms with Crippen molar-refractivity contribution in [2.24, 2.45) is 0 Å². The van der Waals surface area contributed by atoms with Gasteiger partial charge < -0.3 is 0 Å². The summed E-state index contributed by atoms with van der Waals surface area (Å²) in [5.41, 5.74) is 0. The highest BCUT2D eigenvalue weighted by atomic mass is 32.2. The van der Waals surface area contributed by atoms with Gasteiger partial charge in [-0.05, 0) is 0 Å². The standard InChI is InChI=1S/C3HF5O3S/c4-2(5,6)1-3(7,8)12(9,10)11-1/h1H. The van der Waals surface area contributed by atoms with Crippen LogP contribution in [0.15, 0.2) is 0 Å². The van der Waals surface area contributed by atoms with Gasteiger partial charge >= 0.3 is 21.5 Å². The second-order valence-electron chi connectivity index (χ2n) is 2.03. The van der Waals surface area contributed by atoms with Crippen LogP contribution in [0.4, 0.5) is 22.0 Å². The summed E-state index contributed by atoms with van der Waals surface area (Å²) in [7, 11) is -5.35. The van der Waals surface area contributed by atoms with Crippen molar-refractivity contribution in [3.05, 3.63) is 0 Å². The maximum Gasteiger partial charge on any atom is 0.423 e. The summed E-state index contributed by atoms with van der Waals surface area (Å²) in [5.74, 6) is 0. The summed E-state index contributed by atoms with van der Waals surface area (Å²) in [6.07, 6.45) is -8.90. The molecule has 3 nitrogen and oxygen atoms in total. The fourth-order valence-electron chi connectivity index (χ4n) is 0.580. The third-order valence-electron chi connectivity index (χ3n) is 1.16. The lowest BCUT2D eigenvalue weighted by atomic mass is 10.3. The number of hydrogen-bond donors (Lipinski definition) is 0. The van der Waals surface area contributed by atoms with E-state index in [1.807, 2.05) is 0 Å². The van der Waals surface area contributed by atoms with E-state index < -0.39 is 27.7 Å². The second-order valence-corrected chi connectivity index (χ2v) is 3.68. The van der Waals surface area contributed by atoms with E-state index in [0.717, 1.165) is 0 Å². The lowest BCUT2D eigenvalue weighted by Crippen LogP contribution is -2.62. The molecule has 9 heteroatoms. The molecule has 12 heavy (non-hydrogen) atoms. The smallest absolute Gasteiger partial charge is 0.245 e. The fourth-order valence-corrected chi connectivity index (χ4v) is 1.49. The minimum Gasteiger partial charge on any atom is -0.245 e. The molecule has 72 valence electrons. The normalized spacial score (nSPS) is 32.6. The van der Waals surface area contributed by atoms with Gasteiger partial charge in [0, 0.05) is 0 Å². The Morgan fingerprint density at radius 2 is 1.67 bits per heavy atom. The molecule has 1 fully saturated rings. The first-order valence-corrected chi connectivity index (χ1v) is 3.87. The zero-order valence-electron chi connectivity index (χ0n) is 5.10. The maximum atomic E-state index is 12.0. The van der Waals surface area contributed by atoms with Crippen LogP contribution in [0.25, 0.3) is 0 Å². The van der Waals surface area contributed by atoms with Crippen molar-refractivity contribution >= 4 is 10.1 Å². The van der Waals surface area contributed by atoms with Gasteiger partial charge in [-0.2, -0.15) is 30.4 Å². The first-order chi connectivity index (χ1) is 5.09. The third kappa shape index (κ3) is 1.07. The first kappa shape index (κ1) is 9.65. The van der Waals surface area contributed by atoms with Crippen LogP contribution in [0.1, 0.15) is 0 Å². The van der Waals surface area contributed by atoms with E-state index >= 15 is 0 Å². The van der Waals surface area contributed by atoms with Gasteiger partial charge in [0.2, 0.25) is 0 Å². The molecule has 0 radical (unpaired) electrons. The molecule has 0 aromatic heterocycles. The van der Waals surface area contributed by atoms with Crippen LogP contribution in [0.5, 0.6) is 0 Å². The van der Waals surface area contributed by atoms with Crippen LogP contribution in [0, 0.1) is 0 Å². The molecule has 1 rings (SSSR count). The van der Waals surface area contributed by atoms with Crippen molar-refractivity contribution in [1.82, 2.24) is 0 Å². The first-order valence-electron chi connectivity index (χ1n) is 2.46. The van der Waals surface area contributed by atoms with Crippen LogP contribution in [-0.2, 0) is 14.3 Å². The Kier molecular flexibility index (Phi) is 1.67. The van der Waals surface area contributed by atoms with Gasteiger partial charge in [-0.3, -0.25) is 0 Å². The predicted molar refractivity (Wildman–Crippen MR) is 24.8 cm³/mol. The Morgan fingerprint density at radius 3 is 1.75 bits per heavy atom. The summed E-state index contributed by atoms with van der Waals surface area (Å²) in [5, 5.41) is -4.86. The van der Waals surface area contributed by atoms with Gasteiger partial charge in [-0.1, -0.05) is 0 Å². The highest BCUT2D eigenvalue weighted by Crippen LogP contribution is 2.47. The lowest BCUT2D eigenvalue weighted by Gasteiger charge is -2.35. The topological polar surface area (TPSA) is 43.4 Å². The molecule has 1 saturated heterocycles. The molecule has 1 atom stereocenters. The zero-order valence-corrected chi connectivity index (χ0v) is 5.92. The Hall–Kier alpha value is -0.440. The molecule has 0 bridgehead atoms. The third-order valence-corrected chi connectivity index (χ3v) is 2.49. The molecule has 0 N–H and O–H groups in total. The van der Waals surface area contributed by atoms with Gasteiger partial charge in [-0.15, -0.1) is 0 Å². The van der Waals surface area contributed by atoms with Crippen LogP contribution < -0.4 is 0 Å². The molecule has 0 spiro atoms. The van der Waals surface area contributed by atoms with Crippen molar-refractivity contribution < 1.29 is 34.6 Å². The Labute approximate surface area is 63.2 Å². The average molecular weight is 212 g/mol. The summed E-state index contributed by atoms with van der Waals surface area (Å²) in [4.78, 5) is 0. The summed E-state index contributed by atoms with van der Waals surface area (Å²) in [6, 6.07) is 0. The van der Waals surface area contributed by atoms with Crippen molar-refractivity contribution in [3.8, 4) is 0 Å². The molecule has 1 unspecified atom stereocenters. The largest absolute Gasteiger partial charge is 0.423 e. The molecule has 0 aromatic carbocycles. The highest BCUT2D eigenvalue weighted by Gasteiger charge is 2.75. The molecule has 1 heterocycles. The predicted octanol–water partition coefficient (Wildman–Crippen LogP) is 0.870. The number of rotatable bonds is 0. The molecule has 0 amide bonds. The molecule has 1 aliphatic rings. The van der Waals surface area contributed by atoms with Crippen LogP contribution in [0.3, 0.4) is 0 Å². The SMILES string of the molecule is O=S1(=O)OC(C(F)(F)F)C1(F)F. The van der Waals surface area contributed by atoms with E-state index in [9.17, 15) is 30.4 Å². The number of hydrogen-bond acceptors (Lipinski definition) is 3. The van der Waals surface area contributed by atoms with E-state index in [1.165, 1.54) is 0 Å². The molecular formula is C3HF5O3S. The number of halogens is 5. The lowest BCUT2D eigenvalue weighted by molar-refractivity contribution is -0.263. The van der Waals surface area contributed by atoms with E-state index in [1.54, 1.807) is 0 Å². The van der Waals surface area contributed by atoms with Crippen molar-refractivity contribution in [1.29, 1.82) is 0 Å². The van der Waals surface area contributed by atoms with E-state index in [-0.39, 0.29) is 0 Å². The van der Waals surface area contributed by atoms with Crippen LogP contribution >= 0.6 is 0 Å². The highest BCUT2D eigenvalue weighted by molar-refractivity contribution is 7.89. The van der Waals surface area contributed by atoms with Crippen molar-refractivity contribution in [2.45, 2.75) is 17.5 Å². The minimum absolute atomic E-state index is 3.00. The van der Waals surface area contributed by atoms with Gasteiger partial charge in [-0.25, -0.2) is 4.18 Å². The molecular weight excluding hydrogens is 211 g/mol. The average Bonchev–Trinajstić information content (AvgIpc) is 1.81. The van der Waals surface area contributed by atoms with Gasteiger partial charge in [0.1, 0.15) is 0 Å². The molecule has 0 aliphatic carbocycles. The zero-order chi connectivity index (χ0) is 9.78. The Morgan fingerprint density at radius 1 is 1.25 bits per heavy atom.